The Morgan fingerprint density at radius 1 is 1.53 bits per heavy atom. The van der Waals surface area contributed by atoms with Gasteiger partial charge in [0.25, 0.3) is 0 Å². The summed E-state index contributed by atoms with van der Waals surface area (Å²) in [7, 11) is 1.47. The maximum Gasteiger partial charge on any atom is 0.138 e. The molecule has 0 amide bonds. The van der Waals surface area contributed by atoms with Crippen molar-refractivity contribution in [2.24, 2.45) is 0 Å². The first-order valence-electron chi connectivity index (χ1n) is 4.58. The van der Waals surface area contributed by atoms with E-state index in [9.17, 15) is 4.39 Å². The van der Waals surface area contributed by atoms with Crippen molar-refractivity contribution in [3.8, 4) is 11.8 Å². The molecular formula is C11H9ClFNO. The van der Waals surface area contributed by atoms with Gasteiger partial charge in [0.15, 0.2) is 0 Å². The number of nitriles is 1. The zero-order valence-corrected chi connectivity index (χ0v) is 8.94. The molecule has 0 aliphatic heterocycles. The van der Waals surface area contributed by atoms with Crippen LogP contribution in [0.1, 0.15) is 18.4 Å². The molecule has 0 radical (unpaired) electrons. The van der Waals surface area contributed by atoms with Crippen molar-refractivity contribution in [3.63, 3.8) is 0 Å². The van der Waals surface area contributed by atoms with E-state index < -0.39 is 11.2 Å². The zero-order chi connectivity index (χ0) is 11.1. The van der Waals surface area contributed by atoms with Gasteiger partial charge in [-0.15, -0.1) is 0 Å². The van der Waals surface area contributed by atoms with Crippen LogP contribution in [0.2, 0.25) is 5.02 Å². The Morgan fingerprint density at radius 2 is 2.20 bits per heavy atom. The summed E-state index contributed by atoms with van der Waals surface area (Å²) < 4.78 is 18.6. The molecule has 0 bridgehead atoms. The summed E-state index contributed by atoms with van der Waals surface area (Å²) in [5.41, 5.74) is -0.443. The molecule has 78 valence electrons. The third-order valence-corrected chi connectivity index (χ3v) is 3.09. The van der Waals surface area contributed by atoms with Gasteiger partial charge in [-0.25, -0.2) is 4.39 Å². The fourth-order valence-electron chi connectivity index (χ4n) is 1.67. The Morgan fingerprint density at radius 3 is 2.67 bits per heavy atom. The van der Waals surface area contributed by atoms with E-state index in [1.54, 1.807) is 0 Å². The summed E-state index contributed by atoms with van der Waals surface area (Å²) in [5, 5.41) is 9.23. The summed E-state index contributed by atoms with van der Waals surface area (Å²) in [4.78, 5) is 0. The first-order valence-corrected chi connectivity index (χ1v) is 4.96. The van der Waals surface area contributed by atoms with E-state index >= 15 is 0 Å². The number of methoxy groups -OCH3 is 1. The van der Waals surface area contributed by atoms with Crippen LogP contribution in [0.5, 0.6) is 5.75 Å². The van der Waals surface area contributed by atoms with Crippen LogP contribution in [0.3, 0.4) is 0 Å². The molecule has 2 nitrogen and oxygen atoms in total. The summed E-state index contributed by atoms with van der Waals surface area (Å²) in [6.45, 7) is 0. The quantitative estimate of drug-likeness (QED) is 0.775. The van der Waals surface area contributed by atoms with Gasteiger partial charge < -0.3 is 4.74 Å². The number of nitrogens with zero attached hydrogens (tertiary/aromatic N) is 1. The second kappa shape index (κ2) is 3.39. The minimum atomic E-state index is -0.726. The van der Waals surface area contributed by atoms with Crippen molar-refractivity contribution in [3.05, 3.63) is 28.5 Å². The predicted molar refractivity (Wildman–Crippen MR) is 54.5 cm³/mol. The number of halogens is 2. The highest BCUT2D eigenvalue weighted by Gasteiger charge is 2.48. The van der Waals surface area contributed by atoms with Gasteiger partial charge in [0.05, 0.1) is 23.6 Å². The molecule has 1 aromatic rings. The smallest absolute Gasteiger partial charge is 0.138 e. The van der Waals surface area contributed by atoms with E-state index in [1.165, 1.54) is 19.2 Å². The lowest BCUT2D eigenvalue weighted by Crippen LogP contribution is -2.07. The number of ether oxygens (including phenoxy) is 1. The van der Waals surface area contributed by atoms with E-state index in [-0.39, 0.29) is 10.6 Å². The lowest BCUT2D eigenvalue weighted by atomic mass is 9.97. The Bertz CT molecular complexity index is 449. The lowest BCUT2D eigenvalue weighted by Gasteiger charge is -2.12. The van der Waals surface area contributed by atoms with Crippen molar-refractivity contribution in [1.29, 1.82) is 5.26 Å². The first-order chi connectivity index (χ1) is 7.14. The molecule has 0 saturated heterocycles. The number of hydrogen-bond donors (Lipinski definition) is 0. The van der Waals surface area contributed by atoms with Gasteiger partial charge in [-0.1, -0.05) is 11.6 Å². The second-order valence-corrected chi connectivity index (χ2v) is 4.01. The number of hydrogen-bond acceptors (Lipinski definition) is 2. The largest absolute Gasteiger partial charge is 0.495 e. The normalized spacial score (nSPS) is 16.9. The van der Waals surface area contributed by atoms with Gasteiger partial charge in [0, 0.05) is 5.56 Å². The SMILES string of the molecule is COc1ccc(F)c(C2(C#N)CC2)c1Cl. The molecule has 0 heterocycles. The zero-order valence-electron chi connectivity index (χ0n) is 8.18. The van der Waals surface area contributed by atoms with Crippen molar-refractivity contribution >= 4 is 11.6 Å². The van der Waals surface area contributed by atoms with E-state index in [2.05, 4.69) is 6.07 Å². The first kappa shape index (κ1) is 10.3. The van der Waals surface area contributed by atoms with Crippen LogP contribution < -0.4 is 4.74 Å². The van der Waals surface area contributed by atoms with Crippen LogP contribution in [-0.2, 0) is 5.41 Å². The molecule has 1 aliphatic rings. The van der Waals surface area contributed by atoms with Gasteiger partial charge in [-0.3, -0.25) is 0 Å². The monoisotopic (exact) mass is 225 g/mol. The second-order valence-electron chi connectivity index (χ2n) is 3.63. The molecule has 0 N–H and O–H groups in total. The van der Waals surface area contributed by atoms with Gasteiger partial charge >= 0.3 is 0 Å². The van der Waals surface area contributed by atoms with Crippen LogP contribution in [-0.4, -0.2) is 7.11 Å². The summed E-state index contributed by atoms with van der Waals surface area (Å²) in [5.74, 6) is -0.0190. The van der Waals surface area contributed by atoms with E-state index in [0.29, 0.717) is 18.6 Å². The molecule has 1 aliphatic carbocycles. The molecule has 1 fully saturated rings. The summed E-state index contributed by atoms with van der Waals surface area (Å²) in [6, 6.07) is 4.88. The fraction of sp³-hybridized carbons (Fsp3) is 0.364. The molecular weight excluding hydrogens is 217 g/mol. The Labute approximate surface area is 92.2 Å². The van der Waals surface area contributed by atoms with E-state index in [1.807, 2.05) is 0 Å². The van der Waals surface area contributed by atoms with Gasteiger partial charge in [-0.2, -0.15) is 5.26 Å². The highest BCUT2D eigenvalue weighted by Crippen LogP contribution is 2.52. The van der Waals surface area contributed by atoms with Crippen molar-refractivity contribution in [2.75, 3.05) is 7.11 Å². The van der Waals surface area contributed by atoms with Gasteiger partial charge in [0.1, 0.15) is 11.6 Å². The Kier molecular flexibility index (Phi) is 2.32. The molecule has 15 heavy (non-hydrogen) atoms. The maximum absolute atomic E-state index is 13.6. The molecule has 1 aromatic carbocycles. The van der Waals surface area contributed by atoms with Crippen molar-refractivity contribution < 1.29 is 9.13 Å². The number of benzene rings is 1. The number of rotatable bonds is 2. The highest BCUT2D eigenvalue weighted by molar-refractivity contribution is 6.33. The molecule has 0 atom stereocenters. The molecule has 1 saturated carbocycles. The van der Waals surface area contributed by atoms with Crippen LogP contribution in [0, 0.1) is 17.1 Å². The maximum atomic E-state index is 13.6. The topological polar surface area (TPSA) is 33.0 Å². The predicted octanol–water partition coefficient (Wildman–Crippen LogP) is 3.04. The average molecular weight is 226 g/mol. The average Bonchev–Trinajstić information content (AvgIpc) is 2.99. The Balaban J connectivity index is 2.61. The van der Waals surface area contributed by atoms with Crippen LogP contribution >= 0.6 is 11.6 Å². The summed E-state index contributed by atoms with van der Waals surface area (Å²) >= 11 is 6.00. The van der Waals surface area contributed by atoms with Gasteiger partial charge in [-0.05, 0) is 25.0 Å². The van der Waals surface area contributed by atoms with Gasteiger partial charge in [0.2, 0.25) is 0 Å². The van der Waals surface area contributed by atoms with Crippen LogP contribution in [0.15, 0.2) is 12.1 Å². The summed E-state index contributed by atoms with van der Waals surface area (Å²) in [6.07, 6.45) is 1.32. The lowest BCUT2D eigenvalue weighted by molar-refractivity contribution is 0.412. The standard InChI is InChI=1S/C11H9ClFNO/c1-15-8-3-2-7(13)9(10(8)12)11(6-14)4-5-11/h2-3H,4-5H2,1H3. The fourth-order valence-corrected chi connectivity index (χ4v) is 2.08. The molecule has 0 aromatic heterocycles. The van der Waals surface area contributed by atoms with Crippen LogP contribution in [0.25, 0.3) is 0 Å². The molecule has 0 spiro atoms. The van der Waals surface area contributed by atoms with Crippen molar-refractivity contribution in [1.82, 2.24) is 0 Å². The third kappa shape index (κ3) is 1.46. The minimum Gasteiger partial charge on any atom is -0.495 e. The Hall–Kier alpha value is -1.27. The van der Waals surface area contributed by atoms with Crippen molar-refractivity contribution in [2.45, 2.75) is 18.3 Å². The third-order valence-electron chi connectivity index (χ3n) is 2.72. The van der Waals surface area contributed by atoms with Crippen LogP contribution in [0.4, 0.5) is 4.39 Å². The van der Waals surface area contributed by atoms with E-state index in [0.717, 1.165) is 0 Å². The minimum absolute atomic E-state index is 0.219. The van der Waals surface area contributed by atoms with E-state index in [4.69, 9.17) is 21.6 Å². The molecule has 0 unspecified atom stereocenters. The highest BCUT2D eigenvalue weighted by atomic mass is 35.5. The molecule has 2 rings (SSSR count). The molecule has 4 heteroatoms.